The lowest BCUT2D eigenvalue weighted by atomic mass is 10.1. The van der Waals surface area contributed by atoms with Crippen LogP contribution < -0.4 is 10.1 Å². The van der Waals surface area contributed by atoms with Crippen molar-refractivity contribution in [3.05, 3.63) is 102 Å². The standard InChI is InChI=1S/C28H30N2O5/c31-26-12-7-17-30(28(33)35-20-22-10-5-2-6-11-22)18-25(26)29-27(32)23-13-15-24(16-14-23)34-19-21-8-3-1-4-9-21/h1-6,8-11,13-16,25-26,31H,7,12,17-20H2,(H,29,32)/t25-,26-/m1/s1. The molecule has 0 aliphatic carbocycles. The number of aliphatic hydroxyl groups is 1. The molecule has 0 aromatic heterocycles. The monoisotopic (exact) mass is 474 g/mol. The summed E-state index contributed by atoms with van der Waals surface area (Å²) in [5.74, 6) is 0.343. The highest BCUT2D eigenvalue weighted by molar-refractivity contribution is 5.94. The van der Waals surface area contributed by atoms with Gasteiger partial charge < -0.3 is 24.8 Å². The highest BCUT2D eigenvalue weighted by Gasteiger charge is 2.30. The first kappa shape index (κ1) is 24.3. The third-order valence-corrected chi connectivity index (χ3v) is 5.95. The van der Waals surface area contributed by atoms with Gasteiger partial charge in [-0.05, 0) is 48.2 Å². The van der Waals surface area contributed by atoms with Crippen LogP contribution in [0.4, 0.5) is 4.79 Å². The van der Waals surface area contributed by atoms with Crippen LogP contribution in [0.1, 0.15) is 34.3 Å². The molecule has 1 heterocycles. The van der Waals surface area contributed by atoms with Crippen LogP contribution in [-0.4, -0.2) is 47.2 Å². The third-order valence-electron chi connectivity index (χ3n) is 5.95. The molecular formula is C28H30N2O5. The number of nitrogens with zero attached hydrogens (tertiary/aromatic N) is 1. The van der Waals surface area contributed by atoms with Gasteiger partial charge in [0.2, 0.25) is 0 Å². The van der Waals surface area contributed by atoms with E-state index >= 15 is 0 Å². The van der Waals surface area contributed by atoms with E-state index in [4.69, 9.17) is 9.47 Å². The zero-order valence-corrected chi connectivity index (χ0v) is 19.5. The van der Waals surface area contributed by atoms with Crippen molar-refractivity contribution in [3.63, 3.8) is 0 Å². The van der Waals surface area contributed by atoms with E-state index < -0.39 is 18.2 Å². The van der Waals surface area contributed by atoms with Crippen molar-refractivity contribution < 1.29 is 24.2 Å². The molecule has 4 rings (SSSR count). The second kappa shape index (κ2) is 12.0. The Morgan fingerprint density at radius 3 is 2.17 bits per heavy atom. The second-order valence-corrected chi connectivity index (χ2v) is 8.57. The van der Waals surface area contributed by atoms with Crippen molar-refractivity contribution in [1.29, 1.82) is 0 Å². The molecule has 0 spiro atoms. The first-order valence-corrected chi connectivity index (χ1v) is 11.8. The van der Waals surface area contributed by atoms with E-state index in [2.05, 4.69) is 5.32 Å². The first-order valence-electron chi connectivity index (χ1n) is 11.8. The second-order valence-electron chi connectivity index (χ2n) is 8.57. The number of ether oxygens (including phenoxy) is 2. The fourth-order valence-electron chi connectivity index (χ4n) is 3.96. The molecular weight excluding hydrogens is 444 g/mol. The lowest BCUT2D eigenvalue weighted by Crippen LogP contribution is -2.50. The normalized spacial score (nSPS) is 17.8. The number of rotatable bonds is 7. The highest BCUT2D eigenvalue weighted by Crippen LogP contribution is 2.17. The van der Waals surface area contributed by atoms with Crippen LogP contribution in [0.2, 0.25) is 0 Å². The molecule has 1 saturated heterocycles. The van der Waals surface area contributed by atoms with E-state index in [1.165, 1.54) is 0 Å². The number of aliphatic hydroxyl groups excluding tert-OH is 1. The van der Waals surface area contributed by atoms with Gasteiger partial charge in [0, 0.05) is 18.7 Å². The first-order chi connectivity index (χ1) is 17.1. The van der Waals surface area contributed by atoms with Crippen LogP contribution in [-0.2, 0) is 18.0 Å². The van der Waals surface area contributed by atoms with Crippen LogP contribution in [0.3, 0.4) is 0 Å². The van der Waals surface area contributed by atoms with Gasteiger partial charge in [-0.1, -0.05) is 60.7 Å². The number of hydrogen-bond donors (Lipinski definition) is 2. The van der Waals surface area contributed by atoms with Crippen LogP contribution >= 0.6 is 0 Å². The Bertz CT molecular complexity index is 1090. The molecule has 0 unspecified atom stereocenters. The Hall–Kier alpha value is -3.84. The number of likely N-dealkylation sites (tertiary alicyclic amines) is 1. The largest absolute Gasteiger partial charge is 0.489 e. The summed E-state index contributed by atoms with van der Waals surface area (Å²) in [4.78, 5) is 27.0. The maximum absolute atomic E-state index is 12.9. The lowest BCUT2D eigenvalue weighted by molar-refractivity contribution is 0.0733. The van der Waals surface area contributed by atoms with Gasteiger partial charge >= 0.3 is 6.09 Å². The number of nitrogens with one attached hydrogen (secondary N) is 1. The van der Waals surface area contributed by atoms with Crippen LogP contribution in [0.25, 0.3) is 0 Å². The number of hydrogen-bond acceptors (Lipinski definition) is 5. The molecule has 0 saturated carbocycles. The highest BCUT2D eigenvalue weighted by atomic mass is 16.6. The molecule has 3 aromatic rings. The van der Waals surface area contributed by atoms with Gasteiger partial charge in [0.25, 0.3) is 5.91 Å². The average Bonchev–Trinajstić information content (AvgIpc) is 3.08. The van der Waals surface area contributed by atoms with E-state index in [1.807, 2.05) is 60.7 Å². The predicted octanol–water partition coefficient (Wildman–Crippen LogP) is 4.16. The molecule has 2 N–H and O–H groups in total. The quantitative estimate of drug-likeness (QED) is 0.537. The van der Waals surface area contributed by atoms with Gasteiger partial charge in [-0.25, -0.2) is 4.79 Å². The summed E-state index contributed by atoms with van der Waals surface area (Å²) in [7, 11) is 0. The molecule has 1 aliphatic rings. The van der Waals surface area contributed by atoms with Crippen LogP contribution in [0, 0.1) is 0 Å². The minimum Gasteiger partial charge on any atom is -0.489 e. The fraction of sp³-hybridized carbons (Fsp3) is 0.286. The molecule has 7 nitrogen and oxygen atoms in total. The lowest BCUT2D eigenvalue weighted by Gasteiger charge is -2.26. The van der Waals surface area contributed by atoms with Crippen LogP contribution in [0.15, 0.2) is 84.9 Å². The van der Waals surface area contributed by atoms with Gasteiger partial charge in [-0.3, -0.25) is 4.79 Å². The molecule has 35 heavy (non-hydrogen) atoms. The summed E-state index contributed by atoms with van der Waals surface area (Å²) in [5.41, 5.74) is 2.41. The fourth-order valence-corrected chi connectivity index (χ4v) is 3.96. The zero-order chi connectivity index (χ0) is 24.5. The Balaban J connectivity index is 1.31. The van der Waals surface area contributed by atoms with Gasteiger partial charge in [-0.15, -0.1) is 0 Å². The number of carbonyl (C=O) groups excluding carboxylic acids is 2. The van der Waals surface area contributed by atoms with Gasteiger partial charge in [0.15, 0.2) is 0 Å². The summed E-state index contributed by atoms with van der Waals surface area (Å²) in [6.45, 7) is 1.26. The van der Waals surface area contributed by atoms with E-state index in [9.17, 15) is 14.7 Å². The summed E-state index contributed by atoms with van der Waals surface area (Å²) in [6, 6.07) is 25.6. The minimum atomic E-state index is -0.751. The Kier molecular flexibility index (Phi) is 8.35. The van der Waals surface area contributed by atoms with Crippen molar-refractivity contribution >= 4 is 12.0 Å². The Labute approximate surface area is 205 Å². The topological polar surface area (TPSA) is 88.1 Å². The third kappa shape index (κ3) is 7.07. The molecule has 1 aliphatic heterocycles. The maximum atomic E-state index is 12.9. The van der Waals surface area contributed by atoms with E-state index in [0.29, 0.717) is 37.3 Å². The van der Waals surface area contributed by atoms with Crippen LogP contribution in [0.5, 0.6) is 5.75 Å². The summed E-state index contributed by atoms with van der Waals surface area (Å²) >= 11 is 0. The Morgan fingerprint density at radius 1 is 0.886 bits per heavy atom. The minimum absolute atomic E-state index is 0.175. The van der Waals surface area contributed by atoms with Crippen molar-refractivity contribution in [1.82, 2.24) is 10.2 Å². The van der Waals surface area contributed by atoms with Crippen molar-refractivity contribution in [2.75, 3.05) is 13.1 Å². The SMILES string of the molecule is O=C(N[C@@H]1CN(C(=O)OCc2ccccc2)CCC[C@H]1O)c1ccc(OCc2ccccc2)cc1. The molecule has 182 valence electrons. The molecule has 2 atom stereocenters. The maximum Gasteiger partial charge on any atom is 0.410 e. The number of amides is 2. The van der Waals surface area contributed by atoms with Gasteiger partial charge in [0.1, 0.15) is 19.0 Å². The van der Waals surface area contributed by atoms with Crippen molar-refractivity contribution in [2.45, 2.75) is 38.2 Å². The molecule has 0 radical (unpaired) electrons. The Morgan fingerprint density at radius 2 is 1.51 bits per heavy atom. The van der Waals surface area contributed by atoms with Crippen molar-refractivity contribution in [3.8, 4) is 5.75 Å². The number of benzene rings is 3. The molecule has 0 bridgehead atoms. The smallest absolute Gasteiger partial charge is 0.410 e. The van der Waals surface area contributed by atoms with Crippen molar-refractivity contribution in [2.24, 2.45) is 0 Å². The average molecular weight is 475 g/mol. The van der Waals surface area contributed by atoms with E-state index in [1.54, 1.807) is 29.2 Å². The predicted molar refractivity (Wildman–Crippen MR) is 132 cm³/mol. The molecule has 1 fully saturated rings. The summed E-state index contributed by atoms with van der Waals surface area (Å²) < 4.78 is 11.2. The summed E-state index contributed by atoms with van der Waals surface area (Å²) in [6.07, 6.45) is -0.0948. The van der Waals surface area contributed by atoms with Gasteiger partial charge in [0.05, 0.1) is 12.1 Å². The molecule has 3 aromatic carbocycles. The summed E-state index contributed by atoms with van der Waals surface area (Å²) in [5, 5.41) is 13.4. The van der Waals surface area contributed by atoms with E-state index in [-0.39, 0.29) is 19.1 Å². The molecule has 2 amide bonds. The molecule has 7 heteroatoms. The zero-order valence-electron chi connectivity index (χ0n) is 19.5. The van der Waals surface area contributed by atoms with Gasteiger partial charge in [-0.2, -0.15) is 0 Å². The van der Waals surface area contributed by atoms with E-state index in [0.717, 1.165) is 11.1 Å². The number of carbonyl (C=O) groups is 2.